The summed E-state index contributed by atoms with van der Waals surface area (Å²) in [6.07, 6.45) is 0.333. The van der Waals surface area contributed by atoms with Crippen LogP contribution >= 0.6 is 17.1 Å². The second kappa shape index (κ2) is 8.53. The Bertz CT molecular complexity index is 225. The first-order chi connectivity index (χ1) is 7.08. The van der Waals surface area contributed by atoms with Crippen LogP contribution in [0.15, 0.2) is 0 Å². The Labute approximate surface area is 100.0 Å². The van der Waals surface area contributed by atoms with Crippen molar-refractivity contribution in [1.29, 1.82) is 0 Å². The molecule has 0 aromatic heterocycles. The molecular weight excluding hydrogens is 255 g/mol. The normalized spacial score (nSPS) is 11.4. The highest BCUT2D eigenvalue weighted by Crippen LogP contribution is 2.60. The standard InChI is InChI=1S/C8H17O4PS2/c1-4-11-13(14,12-5-2)15-7-6-8(9)10-3/h4-7H2,1-3H3. The fourth-order valence-corrected chi connectivity index (χ4v) is 5.44. The van der Waals surface area contributed by atoms with Crippen molar-refractivity contribution in [1.82, 2.24) is 0 Å². The van der Waals surface area contributed by atoms with Gasteiger partial charge in [-0.25, -0.2) is 0 Å². The van der Waals surface area contributed by atoms with Crippen LogP contribution in [0.4, 0.5) is 0 Å². The van der Waals surface area contributed by atoms with Crippen molar-refractivity contribution in [3.8, 4) is 0 Å². The highest BCUT2D eigenvalue weighted by molar-refractivity contribution is 8.67. The molecule has 4 nitrogen and oxygen atoms in total. The van der Waals surface area contributed by atoms with Crippen molar-refractivity contribution < 1.29 is 18.6 Å². The summed E-state index contributed by atoms with van der Waals surface area (Å²) in [5.41, 5.74) is -2.24. The third-order valence-electron chi connectivity index (χ3n) is 1.36. The topological polar surface area (TPSA) is 44.8 Å². The van der Waals surface area contributed by atoms with E-state index < -0.39 is 5.69 Å². The Morgan fingerprint density at radius 2 is 1.87 bits per heavy atom. The molecule has 0 unspecified atom stereocenters. The molecule has 0 saturated carbocycles. The lowest BCUT2D eigenvalue weighted by atomic mass is 10.5. The number of ether oxygens (including phenoxy) is 1. The molecule has 0 aromatic carbocycles. The van der Waals surface area contributed by atoms with E-state index in [1.807, 2.05) is 13.8 Å². The van der Waals surface area contributed by atoms with Gasteiger partial charge >= 0.3 is 5.97 Å². The van der Waals surface area contributed by atoms with Crippen LogP contribution in [0.1, 0.15) is 20.3 Å². The lowest BCUT2D eigenvalue weighted by Gasteiger charge is -2.19. The molecular formula is C8H17O4PS2. The number of esters is 1. The summed E-state index contributed by atoms with van der Waals surface area (Å²) >= 11 is 6.66. The maximum Gasteiger partial charge on any atom is 0.306 e. The molecule has 0 radical (unpaired) electrons. The molecule has 15 heavy (non-hydrogen) atoms. The maximum absolute atomic E-state index is 10.9. The van der Waals surface area contributed by atoms with E-state index in [2.05, 4.69) is 4.74 Å². The lowest BCUT2D eigenvalue weighted by molar-refractivity contribution is -0.140. The number of hydrogen-bond acceptors (Lipinski definition) is 6. The smallest absolute Gasteiger partial charge is 0.306 e. The second-order valence-corrected chi connectivity index (χ2v) is 8.87. The fraction of sp³-hybridized carbons (Fsp3) is 0.875. The van der Waals surface area contributed by atoms with E-state index in [0.717, 1.165) is 0 Å². The minimum atomic E-state index is -2.24. The quantitative estimate of drug-likeness (QED) is 0.500. The van der Waals surface area contributed by atoms with Gasteiger partial charge in [0, 0.05) is 5.75 Å². The minimum Gasteiger partial charge on any atom is -0.469 e. The van der Waals surface area contributed by atoms with E-state index in [0.29, 0.717) is 25.4 Å². The number of carbonyl (C=O) groups excluding carboxylic acids is 1. The number of methoxy groups -OCH3 is 1. The zero-order valence-electron chi connectivity index (χ0n) is 9.23. The zero-order valence-corrected chi connectivity index (χ0v) is 11.8. The predicted molar refractivity (Wildman–Crippen MR) is 66.6 cm³/mol. The molecule has 0 amide bonds. The summed E-state index contributed by atoms with van der Waals surface area (Å²) in [6, 6.07) is 0. The average Bonchev–Trinajstić information content (AvgIpc) is 2.18. The van der Waals surface area contributed by atoms with Crippen LogP contribution in [-0.4, -0.2) is 32.0 Å². The molecule has 0 bridgehead atoms. The second-order valence-electron chi connectivity index (χ2n) is 2.44. The van der Waals surface area contributed by atoms with Gasteiger partial charge in [-0.3, -0.25) is 4.79 Å². The van der Waals surface area contributed by atoms with Gasteiger partial charge in [-0.15, -0.1) is 0 Å². The number of hydrogen-bond donors (Lipinski definition) is 0. The van der Waals surface area contributed by atoms with Crippen LogP contribution in [0, 0.1) is 0 Å². The van der Waals surface area contributed by atoms with Gasteiger partial charge in [0.15, 0.2) is 0 Å². The van der Waals surface area contributed by atoms with Gasteiger partial charge < -0.3 is 13.8 Å². The molecule has 0 heterocycles. The summed E-state index contributed by atoms with van der Waals surface area (Å²) in [6.45, 7) is 4.81. The van der Waals surface area contributed by atoms with Crippen LogP contribution in [0.3, 0.4) is 0 Å². The van der Waals surface area contributed by atoms with E-state index >= 15 is 0 Å². The minimum absolute atomic E-state index is 0.239. The van der Waals surface area contributed by atoms with E-state index in [1.54, 1.807) is 0 Å². The molecule has 0 saturated heterocycles. The molecule has 7 heteroatoms. The summed E-state index contributed by atoms with van der Waals surface area (Å²) in [4.78, 5) is 10.9. The summed E-state index contributed by atoms with van der Waals surface area (Å²) in [5.74, 6) is 0.335. The number of rotatable bonds is 8. The largest absolute Gasteiger partial charge is 0.469 e. The van der Waals surface area contributed by atoms with Crippen molar-refractivity contribution in [2.45, 2.75) is 20.3 Å². The molecule has 0 aromatic rings. The van der Waals surface area contributed by atoms with Gasteiger partial charge in [0.05, 0.1) is 26.7 Å². The first-order valence-corrected chi connectivity index (χ1v) is 8.91. The first-order valence-electron chi connectivity index (χ1n) is 4.68. The summed E-state index contributed by atoms with van der Waals surface area (Å²) in [7, 11) is 1.37. The third-order valence-corrected chi connectivity index (χ3v) is 6.92. The first kappa shape index (κ1) is 15.4. The Morgan fingerprint density at radius 1 is 1.33 bits per heavy atom. The van der Waals surface area contributed by atoms with Crippen LogP contribution < -0.4 is 0 Å². The van der Waals surface area contributed by atoms with Gasteiger partial charge in [-0.1, -0.05) is 11.4 Å². The van der Waals surface area contributed by atoms with E-state index in [1.165, 1.54) is 18.5 Å². The third kappa shape index (κ3) is 7.30. The number of carbonyl (C=O) groups is 1. The molecule has 0 rings (SSSR count). The van der Waals surface area contributed by atoms with Gasteiger partial charge in [0.1, 0.15) is 0 Å². The van der Waals surface area contributed by atoms with Crippen molar-refractivity contribution in [3.63, 3.8) is 0 Å². The van der Waals surface area contributed by atoms with Gasteiger partial charge in [-0.2, -0.15) is 0 Å². The van der Waals surface area contributed by atoms with Crippen LogP contribution in [0.5, 0.6) is 0 Å². The van der Waals surface area contributed by atoms with Crippen LogP contribution in [0.25, 0.3) is 0 Å². The molecule has 0 N–H and O–H groups in total. The van der Waals surface area contributed by atoms with Gasteiger partial charge in [-0.05, 0) is 25.7 Å². The Morgan fingerprint density at radius 3 is 2.27 bits per heavy atom. The molecule has 0 spiro atoms. The Kier molecular flexibility index (Phi) is 8.75. The monoisotopic (exact) mass is 272 g/mol. The zero-order chi connectivity index (χ0) is 11.7. The van der Waals surface area contributed by atoms with Crippen molar-refractivity contribution in [2.24, 2.45) is 0 Å². The van der Waals surface area contributed by atoms with E-state index in [9.17, 15) is 4.79 Å². The molecule has 0 aliphatic rings. The highest BCUT2D eigenvalue weighted by Gasteiger charge is 2.19. The molecule has 0 aliphatic carbocycles. The summed E-state index contributed by atoms with van der Waals surface area (Å²) < 4.78 is 15.3. The van der Waals surface area contributed by atoms with Gasteiger partial charge in [0.2, 0.25) is 5.69 Å². The van der Waals surface area contributed by atoms with E-state index in [4.69, 9.17) is 20.9 Å². The average molecular weight is 272 g/mol. The lowest BCUT2D eigenvalue weighted by Crippen LogP contribution is -2.02. The van der Waals surface area contributed by atoms with Crippen LogP contribution in [0.2, 0.25) is 0 Å². The van der Waals surface area contributed by atoms with Crippen molar-refractivity contribution in [2.75, 3.05) is 26.1 Å². The maximum atomic E-state index is 10.9. The fourth-order valence-electron chi connectivity index (χ4n) is 0.771. The highest BCUT2D eigenvalue weighted by atomic mass is 32.9. The molecule has 0 fully saturated rings. The van der Waals surface area contributed by atoms with Crippen molar-refractivity contribution in [3.05, 3.63) is 0 Å². The molecule has 0 atom stereocenters. The van der Waals surface area contributed by atoms with Crippen molar-refractivity contribution >= 4 is 34.9 Å². The SMILES string of the molecule is CCOP(=S)(OCC)SCCC(=O)OC. The Hall–Kier alpha value is 0.390. The van der Waals surface area contributed by atoms with Gasteiger partial charge in [0.25, 0.3) is 0 Å². The van der Waals surface area contributed by atoms with Crippen LogP contribution in [-0.2, 0) is 30.4 Å². The Balaban J connectivity index is 3.96. The molecule has 0 aliphatic heterocycles. The van der Waals surface area contributed by atoms with E-state index in [-0.39, 0.29) is 5.97 Å². The predicted octanol–water partition coefficient (Wildman–Crippen LogP) is 2.58. The summed E-state index contributed by atoms with van der Waals surface area (Å²) in [5, 5.41) is 0. The molecule has 90 valence electrons.